The van der Waals surface area contributed by atoms with Crippen molar-refractivity contribution in [1.29, 1.82) is 0 Å². The van der Waals surface area contributed by atoms with Gasteiger partial charge in [-0.1, -0.05) is 0 Å². The van der Waals surface area contributed by atoms with Gasteiger partial charge in [0.25, 0.3) is 0 Å². The molecular formula is C10H15FN2O. The van der Waals surface area contributed by atoms with E-state index in [4.69, 9.17) is 4.74 Å². The third-order valence-electron chi connectivity index (χ3n) is 1.70. The van der Waals surface area contributed by atoms with Gasteiger partial charge in [0.05, 0.1) is 6.20 Å². The minimum Gasteiger partial charge on any atom is -0.382 e. The molecule has 0 amide bonds. The Morgan fingerprint density at radius 2 is 2.36 bits per heavy atom. The summed E-state index contributed by atoms with van der Waals surface area (Å²) in [4.78, 5) is 3.87. The fourth-order valence-electron chi connectivity index (χ4n) is 1.02. The van der Waals surface area contributed by atoms with Gasteiger partial charge in [0.1, 0.15) is 11.6 Å². The second-order valence-electron chi connectivity index (χ2n) is 2.84. The van der Waals surface area contributed by atoms with Gasteiger partial charge in [0.15, 0.2) is 0 Å². The van der Waals surface area contributed by atoms with E-state index in [0.29, 0.717) is 5.82 Å². The van der Waals surface area contributed by atoms with Crippen LogP contribution in [0.4, 0.5) is 10.2 Å². The number of pyridine rings is 1. The number of hydrogen-bond acceptors (Lipinski definition) is 3. The van der Waals surface area contributed by atoms with Gasteiger partial charge in [-0.3, -0.25) is 0 Å². The van der Waals surface area contributed by atoms with Crippen molar-refractivity contribution in [2.45, 2.75) is 13.3 Å². The number of hydrogen-bond donors (Lipinski definition) is 1. The molecule has 1 heterocycles. The predicted octanol–water partition coefficient (Wildman–Crippen LogP) is 2.06. The molecule has 0 spiro atoms. The van der Waals surface area contributed by atoms with E-state index in [1.807, 2.05) is 6.92 Å². The molecule has 0 radical (unpaired) electrons. The highest BCUT2D eigenvalue weighted by molar-refractivity contribution is 5.33. The molecule has 0 bridgehead atoms. The molecule has 0 unspecified atom stereocenters. The van der Waals surface area contributed by atoms with Crippen LogP contribution in [0.15, 0.2) is 18.3 Å². The third kappa shape index (κ3) is 4.18. The summed E-state index contributed by atoms with van der Waals surface area (Å²) in [5, 5.41) is 3.07. The lowest BCUT2D eigenvalue weighted by atomic mass is 10.4. The van der Waals surface area contributed by atoms with Crippen LogP contribution in [-0.2, 0) is 4.74 Å². The summed E-state index contributed by atoms with van der Waals surface area (Å²) in [6.45, 7) is 4.24. The second-order valence-corrected chi connectivity index (χ2v) is 2.84. The molecule has 0 saturated carbocycles. The van der Waals surface area contributed by atoms with Gasteiger partial charge in [0, 0.05) is 19.8 Å². The summed E-state index contributed by atoms with van der Waals surface area (Å²) in [5.74, 6) is 0.382. The monoisotopic (exact) mass is 198 g/mol. The lowest BCUT2D eigenvalue weighted by Crippen LogP contribution is -2.06. The van der Waals surface area contributed by atoms with Crippen LogP contribution < -0.4 is 5.32 Å². The molecule has 1 aromatic rings. The Kier molecular flexibility index (Phi) is 4.93. The standard InChI is InChI=1S/C10H15FN2O/c1-2-14-7-3-6-12-10-5-4-9(11)8-13-10/h4-5,8H,2-3,6-7H2,1H3,(H,12,13). The number of halogens is 1. The summed E-state index contributed by atoms with van der Waals surface area (Å²) >= 11 is 0. The van der Waals surface area contributed by atoms with Crippen molar-refractivity contribution in [3.8, 4) is 0 Å². The van der Waals surface area contributed by atoms with E-state index in [1.54, 1.807) is 6.07 Å². The fraction of sp³-hybridized carbons (Fsp3) is 0.500. The third-order valence-corrected chi connectivity index (χ3v) is 1.70. The van der Waals surface area contributed by atoms with Crippen LogP contribution in [0.1, 0.15) is 13.3 Å². The minimum absolute atomic E-state index is 0.315. The molecule has 0 saturated heterocycles. The minimum atomic E-state index is -0.315. The first-order chi connectivity index (χ1) is 6.83. The molecule has 0 aliphatic carbocycles. The maximum atomic E-state index is 12.5. The first-order valence-electron chi connectivity index (χ1n) is 4.76. The van der Waals surface area contributed by atoms with Crippen LogP contribution >= 0.6 is 0 Å². The Morgan fingerprint density at radius 3 is 3.00 bits per heavy atom. The molecule has 3 nitrogen and oxygen atoms in total. The first kappa shape index (κ1) is 10.9. The van der Waals surface area contributed by atoms with Gasteiger partial charge < -0.3 is 10.1 Å². The molecule has 78 valence electrons. The Bertz CT molecular complexity index is 251. The van der Waals surface area contributed by atoms with E-state index < -0.39 is 0 Å². The van der Waals surface area contributed by atoms with E-state index in [2.05, 4.69) is 10.3 Å². The molecule has 1 aromatic heterocycles. The zero-order valence-electron chi connectivity index (χ0n) is 8.29. The van der Waals surface area contributed by atoms with Crippen molar-refractivity contribution in [3.63, 3.8) is 0 Å². The fourth-order valence-corrected chi connectivity index (χ4v) is 1.02. The Morgan fingerprint density at radius 1 is 1.50 bits per heavy atom. The highest BCUT2D eigenvalue weighted by Gasteiger charge is 1.93. The summed E-state index contributed by atoms with van der Waals surface area (Å²) in [7, 11) is 0. The van der Waals surface area contributed by atoms with E-state index in [1.165, 1.54) is 12.3 Å². The molecular weight excluding hydrogens is 183 g/mol. The SMILES string of the molecule is CCOCCCNc1ccc(F)cn1. The molecule has 1 rings (SSSR count). The van der Waals surface area contributed by atoms with E-state index in [9.17, 15) is 4.39 Å². The number of ether oxygens (including phenoxy) is 1. The molecule has 0 atom stereocenters. The highest BCUT2D eigenvalue weighted by atomic mass is 19.1. The summed E-state index contributed by atoms with van der Waals surface area (Å²) in [5.41, 5.74) is 0. The number of aromatic nitrogens is 1. The molecule has 0 fully saturated rings. The Hall–Kier alpha value is -1.16. The van der Waals surface area contributed by atoms with E-state index in [-0.39, 0.29) is 5.82 Å². The largest absolute Gasteiger partial charge is 0.382 e. The number of rotatable bonds is 6. The number of nitrogens with zero attached hydrogens (tertiary/aromatic N) is 1. The summed E-state index contributed by atoms with van der Waals surface area (Å²) in [6.07, 6.45) is 2.12. The highest BCUT2D eigenvalue weighted by Crippen LogP contribution is 2.02. The van der Waals surface area contributed by atoms with E-state index >= 15 is 0 Å². The molecule has 0 aliphatic heterocycles. The van der Waals surface area contributed by atoms with Crippen LogP contribution in [0.25, 0.3) is 0 Å². The molecule has 14 heavy (non-hydrogen) atoms. The van der Waals surface area contributed by atoms with Gasteiger partial charge in [0.2, 0.25) is 0 Å². The van der Waals surface area contributed by atoms with E-state index in [0.717, 1.165) is 26.2 Å². The predicted molar refractivity (Wildman–Crippen MR) is 53.8 cm³/mol. The van der Waals surface area contributed by atoms with Crippen molar-refractivity contribution in [1.82, 2.24) is 4.98 Å². The van der Waals surface area contributed by atoms with Crippen molar-refractivity contribution < 1.29 is 9.13 Å². The lowest BCUT2D eigenvalue weighted by Gasteiger charge is -2.04. The zero-order valence-corrected chi connectivity index (χ0v) is 8.29. The topological polar surface area (TPSA) is 34.1 Å². The van der Waals surface area contributed by atoms with Crippen LogP contribution in [0.5, 0.6) is 0 Å². The zero-order chi connectivity index (χ0) is 10.2. The maximum absolute atomic E-state index is 12.5. The van der Waals surface area contributed by atoms with Gasteiger partial charge >= 0.3 is 0 Å². The smallest absolute Gasteiger partial charge is 0.141 e. The van der Waals surface area contributed by atoms with Crippen molar-refractivity contribution >= 4 is 5.82 Å². The first-order valence-corrected chi connectivity index (χ1v) is 4.76. The van der Waals surface area contributed by atoms with Gasteiger partial charge in [-0.25, -0.2) is 9.37 Å². The van der Waals surface area contributed by atoms with Crippen LogP contribution in [-0.4, -0.2) is 24.7 Å². The Balaban J connectivity index is 2.15. The summed E-state index contributed by atoms with van der Waals surface area (Å²) < 4.78 is 17.6. The average Bonchev–Trinajstić information content (AvgIpc) is 2.21. The maximum Gasteiger partial charge on any atom is 0.141 e. The molecule has 0 aromatic carbocycles. The lowest BCUT2D eigenvalue weighted by molar-refractivity contribution is 0.147. The van der Waals surface area contributed by atoms with Crippen molar-refractivity contribution in [3.05, 3.63) is 24.1 Å². The summed E-state index contributed by atoms with van der Waals surface area (Å²) in [6, 6.07) is 3.01. The second kappa shape index (κ2) is 6.32. The van der Waals surface area contributed by atoms with Crippen LogP contribution in [0, 0.1) is 5.82 Å². The van der Waals surface area contributed by atoms with Crippen LogP contribution in [0.3, 0.4) is 0 Å². The molecule has 4 heteroatoms. The molecule has 1 N–H and O–H groups in total. The normalized spacial score (nSPS) is 10.1. The van der Waals surface area contributed by atoms with Gasteiger partial charge in [-0.05, 0) is 25.5 Å². The Labute approximate surface area is 83.3 Å². The number of anilines is 1. The quantitative estimate of drug-likeness (QED) is 0.710. The average molecular weight is 198 g/mol. The van der Waals surface area contributed by atoms with Gasteiger partial charge in [-0.2, -0.15) is 0 Å². The van der Waals surface area contributed by atoms with Crippen molar-refractivity contribution in [2.24, 2.45) is 0 Å². The van der Waals surface area contributed by atoms with Crippen LogP contribution in [0.2, 0.25) is 0 Å². The van der Waals surface area contributed by atoms with Gasteiger partial charge in [-0.15, -0.1) is 0 Å². The van der Waals surface area contributed by atoms with Crippen molar-refractivity contribution in [2.75, 3.05) is 25.1 Å². The number of nitrogens with one attached hydrogen (secondary N) is 1. The molecule has 0 aliphatic rings.